The number of aromatic nitrogens is 3. The van der Waals surface area contributed by atoms with E-state index >= 15 is 0 Å². The number of hydrogen-bond acceptors (Lipinski definition) is 4. The summed E-state index contributed by atoms with van der Waals surface area (Å²) in [5, 5.41) is 22.0. The van der Waals surface area contributed by atoms with E-state index in [0.717, 1.165) is 17.6 Å². The van der Waals surface area contributed by atoms with Crippen LogP contribution in [0, 0.1) is 0 Å². The van der Waals surface area contributed by atoms with Crippen molar-refractivity contribution in [3.8, 4) is 0 Å². The van der Waals surface area contributed by atoms with Gasteiger partial charge in [0, 0.05) is 19.5 Å². The maximum atomic E-state index is 10.3. The molecule has 5 nitrogen and oxygen atoms in total. The molecule has 5 heteroatoms. The highest BCUT2D eigenvalue weighted by Gasteiger charge is 2.16. The number of rotatable bonds is 8. The highest BCUT2D eigenvalue weighted by atomic mass is 16.3. The molecule has 2 N–H and O–H groups in total. The fraction of sp³-hybridized carbons (Fsp3) is 0.263. The molecule has 0 spiro atoms. The largest absolute Gasteiger partial charge is 0.392 e. The first-order valence-electron chi connectivity index (χ1n) is 8.13. The minimum Gasteiger partial charge on any atom is -0.392 e. The first-order chi connectivity index (χ1) is 11.8. The smallest absolute Gasteiger partial charge is 0.113 e. The normalized spacial score (nSPS) is 13.7. The molecule has 3 rings (SSSR count). The summed E-state index contributed by atoms with van der Waals surface area (Å²) in [5.74, 6) is 0. The molecule has 2 unspecified atom stereocenters. The van der Waals surface area contributed by atoms with E-state index < -0.39 is 6.10 Å². The number of hydrogen-bond donors (Lipinski definition) is 2. The standard InChI is InChI=1S/C19H22N4O/c1-2-16(23-19-11-7-6-10-18(19)21-22-23)12-17(24)14-20-13-15-8-4-3-5-9-15/h2-11,16-17,20,24H,1,12-14H2. The summed E-state index contributed by atoms with van der Waals surface area (Å²) in [7, 11) is 0. The Bertz CT molecular complexity index is 784. The molecule has 0 saturated carbocycles. The molecule has 0 amide bonds. The van der Waals surface area contributed by atoms with Gasteiger partial charge in [-0.1, -0.05) is 53.8 Å². The maximum Gasteiger partial charge on any atom is 0.113 e. The number of aliphatic hydroxyl groups excluding tert-OH is 1. The van der Waals surface area contributed by atoms with E-state index in [-0.39, 0.29) is 6.04 Å². The van der Waals surface area contributed by atoms with Crippen molar-refractivity contribution < 1.29 is 5.11 Å². The molecular formula is C19H22N4O. The Morgan fingerprint density at radius 2 is 1.88 bits per heavy atom. The van der Waals surface area contributed by atoms with Crippen LogP contribution < -0.4 is 5.32 Å². The predicted octanol–water partition coefficient (Wildman–Crippen LogP) is 2.70. The van der Waals surface area contributed by atoms with Crippen molar-refractivity contribution in [2.75, 3.05) is 6.54 Å². The average Bonchev–Trinajstić information content (AvgIpc) is 3.04. The van der Waals surface area contributed by atoms with Gasteiger partial charge < -0.3 is 10.4 Å². The van der Waals surface area contributed by atoms with Crippen LogP contribution >= 0.6 is 0 Å². The van der Waals surface area contributed by atoms with Gasteiger partial charge in [0.2, 0.25) is 0 Å². The Balaban J connectivity index is 1.57. The third kappa shape index (κ3) is 3.88. The maximum absolute atomic E-state index is 10.3. The van der Waals surface area contributed by atoms with Gasteiger partial charge in [0.25, 0.3) is 0 Å². The number of allylic oxidation sites excluding steroid dienone is 1. The second-order valence-corrected chi connectivity index (χ2v) is 5.83. The zero-order chi connectivity index (χ0) is 16.8. The van der Waals surface area contributed by atoms with Crippen LogP contribution in [0.2, 0.25) is 0 Å². The first-order valence-corrected chi connectivity index (χ1v) is 8.13. The zero-order valence-electron chi connectivity index (χ0n) is 13.5. The topological polar surface area (TPSA) is 63.0 Å². The summed E-state index contributed by atoms with van der Waals surface area (Å²) < 4.78 is 1.82. The van der Waals surface area contributed by atoms with Crippen LogP contribution in [0.25, 0.3) is 11.0 Å². The van der Waals surface area contributed by atoms with Crippen LogP contribution in [0.15, 0.2) is 67.3 Å². The van der Waals surface area contributed by atoms with E-state index in [4.69, 9.17) is 0 Å². The lowest BCUT2D eigenvalue weighted by Gasteiger charge is -2.18. The Morgan fingerprint density at radius 3 is 2.67 bits per heavy atom. The quantitative estimate of drug-likeness (QED) is 0.626. The van der Waals surface area contributed by atoms with Gasteiger partial charge in [-0.25, -0.2) is 4.68 Å². The fourth-order valence-corrected chi connectivity index (χ4v) is 2.77. The van der Waals surface area contributed by atoms with Crippen LogP contribution in [0.3, 0.4) is 0 Å². The second kappa shape index (κ2) is 7.86. The van der Waals surface area contributed by atoms with Gasteiger partial charge in [-0.3, -0.25) is 0 Å². The molecule has 0 radical (unpaired) electrons. The van der Waals surface area contributed by atoms with E-state index in [1.165, 1.54) is 5.56 Å². The molecule has 24 heavy (non-hydrogen) atoms. The van der Waals surface area contributed by atoms with Crippen LogP contribution in [0.4, 0.5) is 0 Å². The molecule has 124 valence electrons. The molecular weight excluding hydrogens is 300 g/mol. The minimum atomic E-state index is -0.486. The van der Waals surface area contributed by atoms with Crippen molar-refractivity contribution in [2.24, 2.45) is 0 Å². The highest BCUT2D eigenvalue weighted by molar-refractivity contribution is 5.74. The Morgan fingerprint density at radius 1 is 1.12 bits per heavy atom. The molecule has 0 aliphatic heterocycles. The van der Waals surface area contributed by atoms with Crippen molar-refractivity contribution in [1.29, 1.82) is 0 Å². The van der Waals surface area contributed by atoms with Gasteiger partial charge in [0.1, 0.15) is 5.52 Å². The molecule has 0 fully saturated rings. The molecule has 0 aliphatic carbocycles. The van der Waals surface area contributed by atoms with Gasteiger partial charge in [-0.2, -0.15) is 0 Å². The number of fused-ring (bicyclic) bond motifs is 1. The summed E-state index contributed by atoms with van der Waals surface area (Å²) in [4.78, 5) is 0. The summed E-state index contributed by atoms with van der Waals surface area (Å²) in [6.45, 7) is 5.14. The van der Waals surface area contributed by atoms with Crippen molar-refractivity contribution in [3.05, 3.63) is 72.8 Å². The second-order valence-electron chi connectivity index (χ2n) is 5.83. The van der Waals surface area contributed by atoms with E-state index in [1.54, 1.807) is 0 Å². The van der Waals surface area contributed by atoms with E-state index in [9.17, 15) is 5.11 Å². The molecule has 0 bridgehead atoms. The Hall–Kier alpha value is -2.50. The fourth-order valence-electron chi connectivity index (χ4n) is 2.77. The van der Waals surface area contributed by atoms with E-state index in [2.05, 4.69) is 34.3 Å². The highest BCUT2D eigenvalue weighted by Crippen LogP contribution is 2.20. The zero-order valence-corrected chi connectivity index (χ0v) is 13.5. The van der Waals surface area contributed by atoms with Crippen LogP contribution in [0.5, 0.6) is 0 Å². The van der Waals surface area contributed by atoms with Gasteiger partial charge in [0.05, 0.1) is 17.7 Å². The van der Waals surface area contributed by atoms with Crippen molar-refractivity contribution in [2.45, 2.75) is 25.1 Å². The lowest BCUT2D eigenvalue weighted by Crippen LogP contribution is -2.29. The summed E-state index contributed by atoms with van der Waals surface area (Å²) >= 11 is 0. The first kappa shape index (κ1) is 16.4. The van der Waals surface area contributed by atoms with Crippen molar-refractivity contribution in [1.82, 2.24) is 20.3 Å². The number of nitrogens with zero attached hydrogens (tertiary/aromatic N) is 3. The summed E-state index contributed by atoms with van der Waals surface area (Å²) in [6.07, 6.45) is 1.86. The van der Waals surface area contributed by atoms with E-state index in [1.807, 2.05) is 53.2 Å². The van der Waals surface area contributed by atoms with Gasteiger partial charge in [-0.15, -0.1) is 11.7 Å². The molecule has 3 aromatic rings. The monoisotopic (exact) mass is 322 g/mol. The predicted molar refractivity (Wildman–Crippen MR) is 95.5 cm³/mol. The molecule has 2 aromatic carbocycles. The van der Waals surface area contributed by atoms with Gasteiger partial charge >= 0.3 is 0 Å². The molecule has 1 heterocycles. The molecule has 1 aromatic heterocycles. The molecule has 0 aliphatic rings. The summed E-state index contributed by atoms with van der Waals surface area (Å²) in [5.41, 5.74) is 3.00. The minimum absolute atomic E-state index is 0.0917. The third-order valence-corrected chi connectivity index (χ3v) is 4.03. The van der Waals surface area contributed by atoms with Crippen molar-refractivity contribution in [3.63, 3.8) is 0 Å². The average molecular weight is 322 g/mol. The van der Waals surface area contributed by atoms with Gasteiger partial charge in [0.15, 0.2) is 0 Å². The molecule has 2 atom stereocenters. The number of benzene rings is 2. The van der Waals surface area contributed by atoms with Gasteiger partial charge in [-0.05, 0) is 17.7 Å². The summed E-state index contributed by atoms with van der Waals surface area (Å²) in [6, 6.07) is 17.9. The lowest BCUT2D eigenvalue weighted by molar-refractivity contribution is 0.147. The molecule has 0 saturated heterocycles. The van der Waals surface area contributed by atoms with Crippen LogP contribution in [-0.4, -0.2) is 32.7 Å². The van der Waals surface area contributed by atoms with Crippen molar-refractivity contribution >= 4 is 11.0 Å². The number of nitrogens with one attached hydrogen (secondary N) is 1. The number of aliphatic hydroxyl groups is 1. The SMILES string of the molecule is C=CC(CC(O)CNCc1ccccc1)n1nnc2ccccc21. The Kier molecular flexibility index (Phi) is 5.36. The number of para-hydroxylation sites is 1. The van der Waals surface area contributed by atoms with Crippen LogP contribution in [0.1, 0.15) is 18.0 Å². The third-order valence-electron chi connectivity index (χ3n) is 4.03. The van der Waals surface area contributed by atoms with E-state index in [0.29, 0.717) is 13.0 Å². The Labute approximate surface area is 141 Å². The lowest BCUT2D eigenvalue weighted by atomic mass is 10.1. The van der Waals surface area contributed by atoms with Crippen LogP contribution in [-0.2, 0) is 6.54 Å².